The van der Waals surface area contributed by atoms with Crippen LogP contribution in [0.5, 0.6) is 0 Å². The zero-order valence-electron chi connectivity index (χ0n) is 10.6. The fourth-order valence-corrected chi connectivity index (χ4v) is 1.39. The number of nitrogens with zero attached hydrogens (tertiary/aromatic N) is 4. The topological polar surface area (TPSA) is 187 Å². The van der Waals surface area contributed by atoms with E-state index in [2.05, 4.69) is 19.7 Å². The van der Waals surface area contributed by atoms with Gasteiger partial charge in [0, 0.05) is 0 Å². The molecule has 120 valence electrons. The van der Waals surface area contributed by atoms with Gasteiger partial charge in [-0.25, -0.2) is 0 Å². The fourth-order valence-electron chi connectivity index (χ4n) is 1.39. The van der Waals surface area contributed by atoms with Gasteiger partial charge in [-0.1, -0.05) is 5.18 Å². The molecule has 14 nitrogen and oxygen atoms in total. The molecule has 0 radical (unpaired) electrons. The van der Waals surface area contributed by atoms with Crippen LogP contribution in [0.25, 0.3) is 0 Å². The predicted molar refractivity (Wildman–Crippen MR) is 61.2 cm³/mol. The lowest BCUT2D eigenvalue weighted by atomic mass is 10.1. The summed E-state index contributed by atoms with van der Waals surface area (Å²) in [5, 5.41) is 29.6. The fraction of sp³-hybridized carbons (Fsp3) is 1.00. The van der Waals surface area contributed by atoms with Gasteiger partial charge < -0.3 is 14.5 Å². The highest BCUT2D eigenvalue weighted by molar-refractivity contribution is 4.68. The van der Waals surface area contributed by atoms with E-state index >= 15 is 0 Å². The molecule has 0 aromatic heterocycles. The molecule has 0 heterocycles. The molecular weight excluding hydrogens is 300 g/mol. The summed E-state index contributed by atoms with van der Waals surface area (Å²) in [5.74, 6) is 0. The van der Waals surface area contributed by atoms with Crippen molar-refractivity contribution in [1.29, 1.82) is 0 Å². The second-order valence-electron chi connectivity index (χ2n) is 3.60. The Morgan fingerprint density at radius 3 is 1.95 bits per heavy atom. The second-order valence-corrected chi connectivity index (χ2v) is 3.60. The lowest BCUT2D eigenvalue weighted by Crippen LogP contribution is -2.39. The monoisotopic (exact) mass is 312 g/mol. The van der Waals surface area contributed by atoms with E-state index in [0.29, 0.717) is 0 Å². The molecular formula is C7H12N4O10. The third-order valence-corrected chi connectivity index (χ3v) is 2.19. The highest BCUT2D eigenvalue weighted by Gasteiger charge is 2.29. The van der Waals surface area contributed by atoms with Crippen molar-refractivity contribution in [3.8, 4) is 0 Å². The standard InChI is InChI=1S/C7H12N4O10/c12-8-4-2-1-3-6(20-10(15)16)7(21-11(17)18)5-19-9(13)14/h6-7H,1-5H2. The summed E-state index contributed by atoms with van der Waals surface area (Å²) in [4.78, 5) is 52.8. The van der Waals surface area contributed by atoms with Crippen molar-refractivity contribution in [3.63, 3.8) is 0 Å². The Bertz CT molecular complexity index is 376. The van der Waals surface area contributed by atoms with Gasteiger partial charge >= 0.3 is 0 Å². The van der Waals surface area contributed by atoms with Gasteiger partial charge in [0.1, 0.15) is 12.7 Å². The molecule has 0 spiro atoms. The van der Waals surface area contributed by atoms with Crippen LogP contribution >= 0.6 is 0 Å². The lowest BCUT2D eigenvalue weighted by molar-refractivity contribution is -0.810. The zero-order chi connectivity index (χ0) is 16.3. The van der Waals surface area contributed by atoms with E-state index in [-0.39, 0.29) is 25.8 Å². The second kappa shape index (κ2) is 10.0. The van der Waals surface area contributed by atoms with E-state index in [1.807, 2.05) is 0 Å². The Labute approximate surface area is 116 Å². The number of nitroso groups, excluding NO2 is 1. The smallest absolute Gasteiger partial charge is 0.294 e. The first kappa shape index (κ1) is 18.2. The Hall–Kier alpha value is -2.80. The summed E-state index contributed by atoms with van der Waals surface area (Å²) >= 11 is 0. The molecule has 0 amide bonds. The van der Waals surface area contributed by atoms with E-state index in [0.717, 1.165) is 0 Å². The minimum Gasteiger partial charge on any atom is -0.311 e. The molecule has 0 aliphatic heterocycles. The third-order valence-electron chi connectivity index (χ3n) is 2.19. The first-order valence-corrected chi connectivity index (χ1v) is 5.55. The SMILES string of the molecule is O=NCCCCC(O[N+](=O)[O-])C(CO[N+](=O)[O-])O[N+](=O)[O-]. The molecule has 0 saturated heterocycles. The van der Waals surface area contributed by atoms with Gasteiger partial charge in [0.15, 0.2) is 6.10 Å². The van der Waals surface area contributed by atoms with Crippen molar-refractivity contribution < 1.29 is 29.8 Å². The van der Waals surface area contributed by atoms with E-state index in [9.17, 15) is 35.3 Å². The Balaban J connectivity index is 4.69. The van der Waals surface area contributed by atoms with Crippen molar-refractivity contribution in [2.24, 2.45) is 5.18 Å². The molecule has 0 bridgehead atoms. The molecule has 2 unspecified atom stereocenters. The molecule has 2 atom stereocenters. The predicted octanol–water partition coefficient (Wildman–Crippen LogP) is 0.285. The van der Waals surface area contributed by atoms with Crippen LogP contribution < -0.4 is 0 Å². The maximum absolute atomic E-state index is 10.3. The van der Waals surface area contributed by atoms with Crippen LogP contribution in [0, 0.1) is 35.3 Å². The minimum absolute atomic E-state index is 0.0443. The van der Waals surface area contributed by atoms with Gasteiger partial charge in [-0.3, -0.25) is 0 Å². The van der Waals surface area contributed by atoms with Crippen molar-refractivity contribution in [1.82, 2.24) is 0 Å². The number of unbranched alkanes of at least 4 members (excludes halogenated alkanes) is 1. The average Bonchev–Trinajstić information content (AvgIpc) is 2.37. The van der Waals surface area contributed by atoms with E-state index in [1.165, 1.54) is 0 Å². The summed E-state index contributed by atoms with van der Waals surface area (Å²) in [6.45, 7) is -0.963. The van der Waals surface area contributed by atoms with Crippen LogP contribution in [0.4, 0.5) is 0 Å². The average molecular weight is 312 g/mol. The van der Waals surface area contributed by atoms with Gasteiger partial charge in [-0.05, 0) is 19.3 Å². The first-order valence-electron chi connectivity index (χ1n) is 5.55. The van der Waals surface area contributed by atoms with Gasteiger partial charge in [0.25, 0.3) is 15.3 Å². The third kappa shape index (κ3) is 9.74. The van der Waals surface area contributed by atoms with Gasteiger partial charge in [0.05, 0.1) is 6.54 Å². The van der Waals surface area contributed by atoms with Gasteiger partial charge in [0.2, 0.25) is 0 Å². The van der Waals surface area contributed by atoms with E-state index in [4.69, 9.17) is 0 Å². The molecule has 0 aliphatic carbocycles. The normalized spacial score (nSPS) is 12.8. The largest absolute Gasteiger partial charge is 0.311 e. The van der Waals surface area contributed by atoms with E-state index in [1.54, 1.807) is 0 Å². The summed E-state index contributed by atoms with van der Waals surface area (Å²) in [5.41, 5.74) is 0. The summed E-state index contributed by atoms with van der Waals surface area (Å²) in [6.07, 6.45) is -2.77. The number of hydrogen-bond acceptors (Lipinski definition) is 11. The van der Waals surface area contributed by atoms with Gasteiger partial charge in [-0.15, -0.1) is 30.3 Å². The van der Waals surface area contributed by atoms with Crippen LogP contribution in [-0.4, -0.2) is 40.6 Å². The maximum atomic E-state index is 10.3. The van der Waals surface area contributed by atoms with Crippen molar-refractivity contribution in [3.05, 3.63) is 35.3 Å². The lowest BCUT2D eigenvalue weighted by Gasteiger charge is -2.22. The Kier molecular flexibility index (Phi) is 8.70. The molecule has 0 N–H and O–H groups in total. The van der Waals surface area contributed by atoms with Crippen LogP contribution in [0.3, 0.4) is 0 Å². The first-order chi connectivity index (χ1) is 9.86. The molecule has 14 heteroatoms. The van der Waals surface area contributed by atoms with Crippen molar-refractivity contribution in [2.45, 2.75) is 31.5 Å². The van der Waals surface area contributed by atoms with Crippen LogP contribution in [0.15, 0.2) is 5.18 Å². The molecule has 0 aromatic carbocycles. The van der Waals surface area contributed by atoms with Crippen LogP contribution in [0.1, 0.15) is 19.3 Å². The molecule has 0 saturated carbocycles. The maximum Gasteiger partial charge on any atom is 0.294 e. The Morgan fingerprint density at radius 1 is 0.905 bits per heavy atom. The number of rotatable bonds is 13. The van der Waals surface area contributed by atoms with Gasteiger partial charge in [-0.2, -0.15) is 4.91 Å². The van der Waals surface area contributed by atoms with E-state index < -0.39 is 34.1 Å². The summed E-state index contributed by atoms with van der Waals surface area (Å²) < 4.78 is 0. The van der Waals surface area contributed by atoms with Crippen molar-refractivity contribution in [2.75, 3.05) is 13.2 Å². The van der Waals surface area contributed by atoms with Crippen molar-refractivity contribution >= 4 is 0 Å². The quantitative estimate of drug-likeness (QED) is 0.198. The molecule has 0 aliphatic rings. The summed E-state index contributed by atoms with van der Waals surface area (Å²) in [7, 11) is 0. The zero-order valence-corrected chi connectivity index (χ0v) is 10.6. The molecule has 0 fully saturated rings. The minimum atomic E-state index is -1.67. The summed E-state index contributed by atoms with van der Waals surface area (Å²) in [6, 6.07) is 0. The van der Waals surface area contributed by atoms with Crippen LogP contribution in [-0.2, 0) is 14.5 Å². The highest BCUT2D eigenvalue weighted by Crippen LogP contribution is 2.14. The van der Waals surface area contributed by atoms with Crippen LogP contribution in [0.2, 0.25) is 0 Å². The highest BCUT2D eigenvalue weighted by atomic mass is 17.0. The Morgan fingerprint density at radius 2 is 1.48 bits per heavy atom. The molecule has 0 rings (SSSR count). The number of hydrogen-bond donors (Lipinski definition) is 0. The molecule has 21 heavy (non-hydrogen) atoms. The molecule has 0 aromatic rings.